The number of benzene rings is 3. The van der Waals surface area contributed by atoms with Crippen molar-refractivity contribution in [2.24, 2.45) is 0 Å². The van der Waals surface area contributed by atoms with Crippen molar-refractivity contribution in [3.63, 3.8) is 0 Å². The summed E-state index contributed by atoms with van der Waals surface area (Å²) >= 11 is 0. The molecule has 0 saturated heterocycles. The molecule has 3 aromatic rings. The minimum atomic E-state index is -2.99. The van der Waals surface area contributed by atoms with E-state index in [1.54, 1.807) is 0 Å². The van der Waals surface area contributed by atoms with Crippen molar-refractivity contribution in [1.82, 2.24) is 0 Å². The summed E-state index contributed by atoms with van der Waals surface area (Å²) in [4.78, 5) is 0. The van der Waals surface area contributed by atoms with Gasteiger partial charge in [0.05, 0.1) is 0 Å². The molecule has 0 spiro atoms. The molecule has 5 heteroatoms. The molecule has 3 rings (SSSR count). The van der Waals surface area contributed by atoms with Crippen LogP contribution in [-0.4, -0.2) is 23.0 Å². The fraction of sp³-hybridized carbons (Fsp3) is 0.333. The summed E-state index contributed by atoms with van der Waals surface area (Å²) in [6.45, 7) is 8.89. The Hall–Kier alpha value is -2.06. The molecule has 0 radical (unpaired) electrons. The third-order valence-electron chi connectivity index (χ3n) is 6.40. The van der Waals surface area contributed by atoms with E-state index >= 15 is 0 Å². The van der Waals surface area contributed by atoms with E-state index in [4.69, 9.17) is 8.54 Å². The number of rotatable bonds is 11. The van der Waals surface area contributed by atoms with Crippen LogP contribution in [0.1, 0.15) is 33.3 Å². The minimum Gasteiger partial charge on any atom is -0.429 e. The topological polar surface area (TPSA) is 18.5 Å². The van der Waals surface area contributed by atoms with E-state index < -0.39 is 16.9 Å². The Morgan fingerprint density at radius 3 is 1.62 bits per heavy atom. The average Bonchev–Trinajstić information content (AvgIpc) is 2.84. The van der Waals surface area contributed by atoms with Crippen LogP contribution in [0, 0.1) is 5.82 Å². The first-order valence-electron chi connectivity index (χ1n) is 11.7. The fourth-order valence-corrected chi connectivity index (χ4v) is 13.6. The third kappa shape index (κ3) is 5.65. The molecule has 1 atom stereocenters. The third-order valence-corrected chi connectivity index (χ3v) is 16.1. The highest BCUT2D eigenvalue weighted by Gasteiger charge is 2.49. The van der Waals surface area contributed by atoms with Gasteiger partial charge in [-0.1, -0.05) is 93.6 Å². The normalized spacial score (nSPS) is 13.2. The van der Waals surface area contributed by atoms with Crippen LogP contribution in [0.5, 0.6) is 0 Å². The molecule has 0 aliphatic rings. The molecular weight excluding hydrogens is 431 g/mol. The number of hydrogen-bond donors (Lipinski definition) is 0. The molecule has 0 aliphatic heterocycles. The Labute approximate surface area is 194 Å². The zero-order valence-electron chi connectivity index (χ0n) is 19.7. The van der Waals surface area contributed by atoms with E-state index in [9.17, 15) is 4.39 Å². The summed E-state index contributed by atoms with van der Waals surface area (Å²) < 4.78 is 27.8. The van der Waals surface area contributed by atoms with Gasteiger partial charge in [-0.25, -0.2) is 4.39 Å². The average molecular weight is 467 g/mol. The second-order valence-corrected chi connectivity index (χ2v) is 16.4. The SMILES string of the molecule is CC[Si](CC)(CC)O[Si](OC(C)Cc1ccc(F)cc1)(c1ccccc1)c1ccccc1. The molecule has 3 aromatic carbocycles. The van der Waals surface area contributed by atoms with Crippen LogP contribution in [0.25, 0.3) is 0 Å². The molecule has 1 unspecified atom stereocenters. The summed E-state index contributed by atoms with van der Waals surface area (Å²) in [5, 5.41) is 2.29. The molecule has 0 fully saturated rings. The van der Waals surface area contributed by atoms with Gasteiger partial charge in [0.15, 0.2) is 8.32 Å². The lowest BCUT2D eigenvalue weighted by molar-refractivity contribution is 0.179. The van der Waals surface area contributed by atoms with Crippen LogP contribution in [0.2, 0.25) is 18.1 Å². The van der Waals surface area contributed by atoms with Gasteiger partial charge >= 0.3 is 8.56 Å². The molecule has 0 aromatic heterocycles. The van der Waals surface area contributed by atoms with Crippen molar-refractivity contribution in [2.75, 3.05) is 0 Å². The van der Waals surface area contributed by atoms with Crippen molar-refractivity contribution in [3.8, 4) is 0 Å². The predicted octanol–water partition coefficient (Wildman–Crippen LogP) is 6.05. The van der Waals surface area contributed by atoms with Crippen LogP contribution < -0.4 is 10.4 Å². The maximum Gasteiger partial charge on any atom is 0.397 e. The van der Waals surface area contributed by atoms with Gasteiger partial charge in [0.25, 0.3) is 0 Å². The first kappa shape index (κ1) is 24.6. The van der Waals surface area contributed by atoms with Crippen molar-refractivity contribution < 1.29 is 12.9 Å². The Balaban J connectivity index is 2.08. The van der Waals surface area contributed by atoms with E-state index in [0.29, 0.717) is 6.42 Å². The zero-order chi connectivity index (χ0) is 23.0. The van der Waals surface area contributed by atoms with Gasteiger partial charge < -0.3 is 8.54 Å². The van der Waals surface area contributed by atoms with E-state index in [2.05, 4.69) is 76.2 Å². The molecule has 2 nitrogen and oxygen atoms in total. The van der Waals surface area contributed by atoms with E-state index in [-0.39, 0.29) is 11.9 Å². The van der Waals surface area contributed by atoms with E-state index in [1.807, 2.05) is 24.3 Å². The van der Waals surface area contributed by atoms with Gasteiger partial charge in [-0.2, -0.15) is 0 Å². The highest BCUT2D eigenvalue weighted by Crippen LogP contribution is 2.28. The predicted molar refractivity (Wildman–Crippen MR) is 137 cm³/mol. The molecule has 170 valence electrons. The van der Waals surface area contributed by atoms with Gasteiger partial charge in [-0.15, -0.1) is 0 Å². The lowest BCUT2D eigenvalue weighted by Crippen LogP contribution is -2.68. The first-order valence-corrected chi connectivity index (χ1v) is 16.0. The number of halogens is 1. The molecule has 0 bridgehead atoms. The van der Waals surface area contributed by atoms with Gasteiger partial charge in [0, 0.05) is 6.10 Å². The number of hydrogen-bond acceptors (Lipinski definition) is 2. The smallest absolute Gasteiger partial charge is 0.397 e. The highest BCUT2D eigenvalue weighted by molar-refractivity contribution is 6.98. The fourth-order valence-electron chi connectivity index (χ4n) is 4.31. The standard InChI is InChI=1S/C27H35FO2Si2/c1-5-31(6-2,7-3)30-32(26-14-10-8-11-15-26,27-16-12-9-13-17-27)29-23(4)22-24-18-20-25(28)21-19-24/h8-21,23H,5-7,22H2,1-4H3. The summed E-state index contributed by atoms with van der Waals surface area (Å²) in [5.41, 5.74) is 1.06. The van der Waals surface area contributed by atoms with Crippen molar-refractivity contribution in [2.45, 2.75) is 58.4 Å². The molecular formula is C27H35FO2Si2. The molecule has 0 heterocycles. The Bertz CT molecular complexity index is 897. The van der Waals surface area contributed by atoms with E-state index in [0.717, 1.165) is 34.1 Å². The Morgan fingerprint density at radius 2 is 1.19 bits per heavy atom. The summed E-state index contributed by atoms with van der Waals surface area (Å²) in [6, 6.07) is 30.9. The molecule has 32 heavy (non-hydrogen) atoms. The van der Waals surface area contributed by atoms with Crippen LogP contribution >= 0.6 is 0 Å². The zero-order valence-corrected chi connectivity index (χ0v) is 21.7. The molecule has 0 N–H and O–H groups in total. The second kappa shape index (κ2) is 11.2. The maximum atomic E-state index is 13.4. The van der Waals surface area contributed by atoms with Crippen LogP contribution in [0.3, 0.4) is 0 Å². The molecule has 0 saturated carbocycles. The maximum absolute atomic E-state index is 13.4. The summed E-state index contributed by atoms with van der Waals surface area (Å²) in [6.07, 6.45) is 0.626. The molecule has 0 aliphatic carbocycles. The first-order chi connectivity index (χ1) is 15.5. The lowest BCUT2D eigenvalue weighted by Gasteiger charge is -2.42. The molecule has 0 amide bonds. The Morgan fingerprint density at radius 1 is 0.719 bits per heavy atom. The van der Waals surface area contributed by atoms with Crippen molar-refractivity contribution in [1.29, 1.82) is 0 Å². The van der Waals surface area contributed by atoms with Gasteiger partial charge in [-0.05, 0) is 59.5 Å². The minimum absolute atomic E-state index is 0.0789. The van der Waals surface area contributed by atoms with Crippen molar-refractivity contribution >= 4 is 27.3 Å². The van der Waals surface area contributed by atoms with Crippen LogP contribution in [-0.2, 0) is 15.0 Å². The van der Waals surface area contributed by atoms with Gasteiger partial charge in [-0.3, -0.25) is 0 Å². The van der Waals surface area contributed by atoms with Gasteiger partial charge in [0.2, 0.25) is 0 Å². The summed E-state index contributed by atoms with van der Waals surface area (Å²) in [7, 11) is -4.98. The van der Waals surface area contributed by atoms with Crippen LogP contribution in [0.15, 0.2) is 84.9 Å². The highest BCUT2D eigenvalue weighted by atomic mass is 28.4. The largest absolute Gasteiger partial charge is 0.429 e. The lowest BCUT2D eigenvalue weighted by atomic mass is 10.1. The van der Waals surface area contributed by atoms with E-state index in [1.165, 1.54) is 12.1 Å². The quantitative estimate of drug-likeness (QED) is 0.320. The van der Waals surface area contributed by atoms with Crippen molar-refractivity contribution in [3.05, 3.63) is 96.3 Å². The van der Waals surface area contributed by atoms with Gasteiger partial charge in [0.1, 0.15) is 5.82 Å². The van der Waals surface area contributed by atoms with Crippen LogP contribution in [0.4, 0.5) is 4.39 Å². The Kier molecular flexibility index (Phi) is 8.60. The summed E-state index contributed by atoms with van der Waals surface area (Å²) in [5.74, 6) is -0.215. The second-order valence-electron chi connectivity index (χ2n) is 8.45. The monoisotopic (exact) mass is 466 g/mol.